The first kappa shape index (κ1) is 12.8. The molecule has 0 aromatic heterocycles. The van der Waals surface area contributed by atoms with Crippen molar-refractivity contribution in [1.29, 1.82) is 5.41 Å². The number of nitrogens with one attached hydrogen (secondary N) is 1. The van der Waals surface area contributed by atoms with E-state index in [4.69, 9.17) is 5.41 Å². The van der Waals surface area contributed by atoms with Crippen molar-refractivity contribution in [2.45, 2.75) is 19.5 Å². The van der Waals surface area contributed by atoms with Crippen LogP contribution in [0.3, 0.4) is 0 Å². The summed E-state index contributed by atoms with van der Waals surface area (Å²) in [6, 6.07) is 10.7. The van der Waals surface area contributed by atoms with E-state index in [1.54, 1.807) is 12.1 Å². The van der Waals surface area contributed by atoms with Gasteiger partial charge in [-0.3, -0.25) is 5.41 Å². The third-order valence-corrected chi connectivity index (χ3v) is 3.75. The van der Waals surface area contributed by atoms with Crippen LogP contribution >= 0.6 is 0 Å². The first-order chi connectivity index (χ1) is 9.56. The average Bonchev–Trinajstić information content (AvgIpc) is 2.75. The molecule has 1 N–H and O–H groups in total. The van der Waals surface area contributed by atoms with Crippen LogP contribution in [0.15, 0.2) is 42.5 Å². The van der Waals surface area contributed by atoms with Crippen LogP contribution in [-0.2, 0) is 6.54 Å². The summed E-state index contributed by atoms with van der Waals surface area (Å²) in [7, 11) is 0. The Kier molecular flexibility index (Phi) is 3.01. The number of hydrogen-bond acceptors (Lipinski definition) is 1. The van der Waals surface area contributed by atoms with E-state index >= 15 is 0 Å². The zero-order valence-corrected chi connectivity index (χ0v) is 11.0. The van der Waals surface area contributed by atoms with Crippen molar-refractivity contribution in [2.24, 2.45) is 0 Å². The predicted molar refractivity (Wildman–Crippen MR) is 73.6 cm³/mol. The summed E-state index contributed by atoms with van der Waals surface area (Å²) < 4.78 is 26.6. The SMILES string of the molecule is CC(c1cccc(F)c1)N1Cc2ccc(F)cc2C1=N. The Morgan fingerprint density at radius 3 is 2.60 bits per heavy atom. The minimum Gasteiger partial charge on any atom is -0.345 e. The van der Waals surface area contributed by atoms with Crippen molar-refractivity contribution >= 4 is 5.84 Å². The minimum absolute atomic E-state index is 0.131. The summed E-state index contributed by atoms with van der Waals surface area (Å²) in [5.41, 5.74) is 2.36. The van der Waals surface area contributed by atoms with Gasteiger partial charge in [0.1, 0.15) is 17.5 Å². The maximum absolute atomic E-state index is 13.3. The normalized spacial score (nSPS) is 15.3. The fourth-order valence-corrected chi connectivity index (χ4v) is 2.60. The monoisotopic (exact) mass is 272 g/mol. The van der Waals surface area contributed by atoms with E-state index in [2.05, 4.69) is 0 Å². The van der Waals surface area contributed by atoms with E-state index in [1.165, 1.54) is 24.3 Å². The number of fused-ring (bicyclic) bond motifs is 1. The molecule has 0 spiro atoms. The molecule has 3 rings (SSSR count). The molecule has 1 aliphatic rings. The summed E-state index contributed by atoms with van der Waals surface area (Å²) in [4.78, 5) is 1.85. The molecule has 0 fully saturated rings. The highest BCUT2D eigenvalue weighted by Crippen LogP contribution is 2.31. The lowest BCUT2D eigenvalue weighted by Gasteiger charge is -2.26. The topological polar surface area (TPSA) is 27.1 Å². The molecular weight excluding hydrogens is 258 g/mol. The van der Waals surface area contributed by atoms with Gasteiger partial charge in [0.25, 0.3) is 0 Å². The van der Waals surface area contributed by atoms with Crippen molar-refractivity contribution in [2.75, 3.05) is 0 Å². The van der Waals surface area contributed by atoms with Crippen LogP contribution < -0.4 is 0 Å². The fraction of sp³-hybridized carbons (Fsp3) is 0.188. The summed E-state index contributed by atoms with van der Waals surface area (Å²) >= 11 is 0. The number of amidine groups is 1. The van der Waals surface area contributed by atoms with Crippen LogP contribution in [0, 0.1) is 17.0 Å². The molecule has 0 amide bonds. The molecule has 0 aliphatic carbocycles. The lowest BCUT2D eigenvalue weighted by Crippen LogP contribution is -2.27. The maximum atomic E-state index is 13.3. The second-order valence-corrected chi connectivity index (χ2v) is 5.01. The Labute approximate surface area is 116 Å². The molecular formula is C16H14F2N2. The smallest absolute Gasteiger partial charge is 0.129 e. The Bertz CT molecular complexity index is 682. The van der Waals surface area contributed by atoms with E-state index in [1.807, 2.05) is 17.9 Å². The van der Waals surface area contributed by atoms with Crippen molar-refractivity contribution < 1.29 is 8.78 Å². The Morgan fingerprint density at radius 2 is 1.85 bits per heavy atom. The zero-order chi connectivity index (χ0) is 14.3. The van der Waals surface area contributed by atoms with Gasteiger partial charge in [0.15, 0.2) is 0 Å². The quantitative estimate of drug-likeness (QED) is 0.882. The molecule has 1 atom stereocenters. The van der Waals surface area contributed by atoms with Crippen LogP contribution in [0.2, 0.25) is 0 Å². The number of benzene rings is 2. The molecule has 0 saturated carbocycles. The van der Waals surface area contributed by atoms with E-state index < -0.39 is 0 Å². The van der Waals surface area contributed by atoms with E-state index in [0.29, 0.717) is 12.1 Å². The molecule has 2 aromatic rings. The van der Waals surface area contributed by atoms with Crippen LogP contribution in [0.5, 0.6) is 0 Å². The van der Waals surface area contributed by atoms with Gasteiger partial charge in [-0.05, 0) is 42.3 Å². The Hall–Kier alpha value is -2.23. The minimum atomic E-state index is -0.339. The van der Waals surface area contributed by atoms with Gasteiger partial charge in [0, 0.05) is 12.1 Å². The highest BCUT2D eigenvalue weighted by Gasteiger charge is 2.28. The second kappa shape index (κ2) is 4.71. The highest BCUT2D eigenvalue weighted by molar-refractivity contribution is 6.00. The third-order valence-electron chi connectivity index (χ3n) is 3.75. The number of hydrogen-bond donors (Lipinski definition) is 1. The fourth-order valence-electron chi connectivity index (χ4n) is 2.60. The first-order valence-corrected chi connectivity index (χ1v) is 6.45. The lowest BCUT2D eigenvalue weighted by atomic mass is 10.1. The predicted octanol–water partition coefficient (Wildman–Crippen LogP) is 3.87. The second-order valence-electron chi connectivity index (χ2n) is 5.01. The van der Waals surface area contributed by atoms with Crippen LogP contribution in [-0.4, -0.2) is 10.7 Å². The van der Waals surface area contributed by atoms with Gasteiger partial charge >= 0.3 is 0 Å². The van der Waals surface area contributed by atoms with Crippen molar-refractivity contribution in [1.82, 2.24) is 4.90 Å². The van der Waals surface area contributed by atoms with Gasteiger partial charge in [-0.1, -0.05) is 18.2 Å². The van der Waals surface area contributed by atoms with Gasteiger partial charge in [-0.15, -0.1) is 0 Å². The average molecular weight is 272 g/mol. The summed E-state index contributed by atoms with van der Waals surface area (Å²) in [6.07, 6.45) is 0. The van der Waals surface area contributed by atoms with Gasteiger partial charge in [-0.25, -0.2) is 8.78 Å². The van der Waals surface area contributed by atoms with Crippen LogP contribution in [0.25, 0.3) is 0 Å². The van der Waals surface area contributed by atoms with E-state index in [9.17, 15) is 8.78 Å². The standard InChI is InChI=1S/C16H14F2N2/c1-10(11-3-2-4-13(17)7-11)20-9-12-5-6-14(18)8-15(12)16(20)19/h2-8,10,19H,9H2,1H3. The molecule has 1 unspecified atom stereocenters. The third kappa shape index (κ3) is 2.07. The lowest BCUT2D eigenvalue weighted by molar-refractivity contribution is 0.340. The largest absolute Gasteiger partial charge is 0.345 e. The van der Waals surface area contributed by atoms with Gasteiger partial charge in [-0.2, -0.15) is 0 Å². The molecule has 1 heterocycles. The summed E-state index contributed by atoms with van der Waals surface area (Å²) in [5, 5.41) is 8.18. The molecule has 102 valence electrons. The van der Waals surface area contributed by atoms with Crippen LogP contribution in [0.1, 0.15) is 29.7 Å². The summed E-state index contributed by atoms with van der Waals surface area (Å²) in [5.74, 6) is -0.339. The van der Waals surface area contributed by atoms with Gasteiger partial charge < -0.3 is 4.90 Å². The van der Waals surface area contributed by atoms with Crippen LogP contribution in [0.4, 0.5) is 8.78 Å². The van der Waals surface area contributed by atoms with E-state index in [-0.39, 0.29) is 23.5 Å². The molecule has 4 heteroatoms. The Balaban J connectivity index is 1.92. The van der Waals surface area contributed by atoms with Crippen molar-refractivity contribution in [3.05, 3.63) is 70.8 Å². The molecule has 20 heavy (non-hydrogen) atoms. The zero-order valence-electron chi connectivity index (χ0n) is 11.0. The molecule has 2 aromatic carbocycles. The number of rotatable bonds is 2. The molecule has 2 nitrogen and oxygen atoms in total. The van der Waals surface area contributed by atoms with Gasteiger partial charge in [0.2, 0.25) is 0 Å². The highest BCUT2D eigenvalue weighted by atomic mass is 19.1. The molecule has 0 bridgehead atoms. The summed E-state index contributed by atoms with van der Waals surface area (Å²) in [6.45, 7) is 2.47. The Morgan fingerprint density at radius 1 is 1.10 bits per heavy atom. The maximum Gasteiger partial charge on any atom is 0.129 e. The van der Waals surface area contributed by atoms with Crippen molar-refractivity contribution in [3.8, 4) is 0 Å². The van der Waals surface area contributed by atoms with Gasteiger partial charge in [0.05, 0.1) is 6.04 Å². The van der Waals surface area contributed by atoms with Crippen molar-refractivity contribution in [3.63, 3.8) is 0 Å². The number of halogens is 2. The number of nitrogens with zero attached hydrogens (tertiary/aromatic N) is 1. The molecule has 1 aliphatic heterocycles. The molecule has 0 saturated heterocycles. The van der Waals surface area contributed by atoms with E-state index in [0.717, 1.165) is 11.1 Å². The molecule has 0 radical (unpaired) electrons. The first-order valence-electron chi connectivity index (χ1n) is 6.45.